The minimum Gasteiger partial charge on any atom is -0.748 e. The van der Waals surface area contributed by atoms with E-state index in [9.17, 15) is 0 Å². The molecular weight excluding hydrogens is 698 g/mol. The van der Waals surface area contributed by atoms with Crippen LogP contribution in [-0.2, 0) is 33.8 Å². The van der Waals surface area contributed by atoms with Crippen LogP contribution in [0.3, 0.4) is 0 Å². The molecule has 0 saturated carbocycles. The van der Waals surface area contributed by atoms with Gasteiger partial charge in [0.2, 0.25) is 0 Å². The van der Waals surface area contributed by atoms with Crippen molar-refractivity contribution in [3.05, 3.63) is 192 Å². The Labute approximate surface area is 317 Å². The van der Waals surface area contributed by atoms with Crippen molar-refractivity contribution in [1.82, 2.24) is 9.97 Å². The number of hydrogen-bond acceptors (Lipinski definition) is 2. The Kier molecular flexibility index (Phi) is 11.2. The van der Waals surface area contributed by atoms with E-state index in [0.717, 1.165) is 39.4 Å². The van der Waals surface area contributed by atoms with E-state index in [1.54, 1.807) is 0 Å². The van der Waals surface area contributed by atoms with Crippen LogP contribution in [0.5, 0.6) is 0 Å². The maximum absolute atomic E-state index is 5.40. The molecule has 0 amide bonds. The van der Waals surface area contributed by atoms with Crippen LogP contribution in [0.25, 0.3) is 44.1 Å². The maximum Gasteiger partial charge on any atom is 0.0767 e. The summed E-state index contributed by atoms with van der Waals surface area (Å²) in [5.41, 5.74) is 12.6. The van der Waals surface area contributed by atoms with Gasteiger partial charge in [-0.15, -0.1) is 46.3 Å². The Morgan fingerprint density at radius 3 is 1.45 bits per heavy atom. The van der Waals surface area contributed by atoms with Gasteiger partial charge in [-0.1, -0.05) is 147 Å². The molecule has 0 aliphatic heterocycles. The average molecular weight is 741 g/mol. The third-order valence-electron chi connectivity index (χ3n) is 9.39. The molecule has 260 valence electrons. The Bertz CT molecular complexity index is 2260. The Hall–Kier alpha value is -4.22. The van der Waals surface area contributed by atoms with E-state index in [0.29, 0.717) is 0 Å². The number of benzene rings is 4. The van der Waals surface area contributed by atoms with Crippen molar-refractivity contribution in [3.63, 3.8) is 0 Å². The topological polar surface area (TPSA) is 25.8 Å². The summed E-state index contributed by atoms with van der Waals surface area (Å²) < 4.78 is 0. The fourth-order valence-corrected chi connectivity index (χ4v) is 8.21. The Balaban J connectivity index is 0.000000689. The molecule has 8 rings (SSSR count). The minimum absolute atomic E-state index is 0. The van der Waals surface area contributed by atoms with Crippen LogP contribution in [0.4, 0.5) is 0 Å². The van der Waals surface area contributed by atoms with Gasteiger partial charge in [0.25, 0.3) is 0 Å². The van der Waals surface area contributed by atoms with Crippen molar-refractivity contribution in [2.45, 2.75) is 37.5 Å². The number of nitrogens with zero attached hydrogens (tertiary/aromatic N) is 2. The minimum atomic E-state index is -0.737. The van der Waals surface area contributed by atoms with Crippen LogP contribution in [0.1, 0.15) is 48.8 Å². The molecule has 0 aliphatic rings. The summed E-state index contributed by atoms with van der Waals surface area (Å²) in [6.45, 7) is 7.02. The third-order valence-corrected chi connectivity index (χ3v) is 10.7. The van der Waals surface area contributed by atoms with Crippen molar-refractivity contribution >= 4 is 40.3 Å². The van der Waals surface area contributed by atoms with Gasteiger partial charge < -0.3 is 30.3 Å². The van der Waals surface area contributed by atoms with Gasteiger partial charge in [-0.25, -0.2) is 0 Å². The standard InChI is InChI=1S/C41H37N2P2.C5H5.Fe/c1-40(2,3)39-37(30-18-8-5-9-19-30)36(29-16-6-4-7-17-29)31(26-44)38(39)41(45,34-24-22-27-14-10-12-20-32(27)42-34)35-25-23-28-15-11-13-21-33(28)43-35;1-2-4-5-3-1;/h4-25H,26,44-45H2,1-3H3;1-5H;/q-1;-5;. The van der Waals surface area contributed by atoms with Gasteiger partial charge in [-0.05, 0) is 29.7 Å². The number of fused-ring (bicyclic) bond motifs is 2. The second kappa shape index (κ2) is 15.6. The second-order valence-corrected chi connectivity index (χ2v) is 15.0. The van der Waals surface area contributed by atoms with Gasteiger partial charge in [-0.2, -0.15) is 0 Å². The zero-order valence-corrected chi connectivity index (χ0v) is 32.6. The molecule has 2 heterocycles. The van der Waals surface area contributed by atoms with Crippen molar-refractivity contribution in [1.29, 1.82) is 0 Å². The second-order valence-electron chi connectivity index (χ2n) is 13.7. The van der Waals surface area contributed by atoms with Gasteiger partial charge >= 0.3 is 0 Å². The fourth-order valence-electron chi connectivity index (χ4n) is 7.16. The molecule has 0 spiro atoms. The van der Waals surface area contributed by atoms with Gasteiger partial charge in [-0.3, -0.25) is 9.97 Å². The summed E-state index contributed by atoms with van der Waals surface area (Å²) in [6, 6.07) is 57.3. The van der Waals surface area contributed by atoms with Crippen molar-refractivity contribution < 1.29 is 17.1 Å². The summed E-state index contributed by atoms with van der Waals surface area (Å²) in [5.74, 6) is 0. The first kappa shape index (κ1) is 36.6. The van der Waals surface area contributed by atoms with Crippen molar-refractivity contribution in [2.24, 2.45) is 0 Å². The molecule has 2 unspecified atom stereocenters. The van der Waals surface area contributed by atoms with Crippen LogP contribution in [0.15, 0.2) is 164 Å². The third kappa shape index (κ3) is 7.15. The monoisotopic (exact) mass is 740 g/mol. The van der Waals surface area contributed by atoms with Gasteiger partial charge in [0.05, 0.1) is 27.6 Å². The first-order chi connectivity index (χ1) is 24.3. The number of pyridine rings is 2. The van der Waals surface area contributed by atoms with E-state index in [1.807, 2.05) is 30.3 Å². The van der Waals surface area contributed by atoms with E-state index in [2.05, 4.69) is 173 Å². The zero-order chi connectivity index (χ0) is 34.7. The van der Waals surface area contributed by atoms with Crippen molar-refractivity contribution in [2.75, 3.05) is 0 Å². The van der Waals surface area contributed by atoms with Gasteiger partial charge in [0.15, 0.2) is 0 Å². The summed E-state index contributed by atoms with van der Waals surface area (Å²) in [4.78, 5) is 10.8. The molecule has 5 heteroatoms. The molecule has 0 N–H and O–H groups in total. The first-order valence-corrected chi connectivity index (χ1v) is 18.6. The molecule has 2 atom stereocenters. The number of aromatic nitrogens is 2. The van der Waals surface area contributed by atoms with E-state index in [-0.39, 0.29) is 22.5 Å². The molecule has 0 bridgehead atoms. The molecule has 0 radical (unpaired) electrons. The predicted octanol–water partition coefficient (Wildman–Crippen LogP) is 12.1. The molecule has 2 aromatic heterocycles. The first-order valence-electron chi connectivity index (χ1n) is 17.2. The number of rotatable bonds is 6. The summed E-state index contributed by atoms with van der Waals surface area (Å²) in [5, 5.41) is 1.51. The van der Waals surface area contributed by atoms with Crippen LogP contribution in [0.2, 0.25) is 0 Å². The quantitative estimate of drug-likeness (QED) is 0.0964. The summed E-state index contributed by atoms with van der Waals surface area (Å²) in [6.07, 6.45) is 0.785. The normalized spacial score (nSPS) is 11.5. The Morgan fingerprint density at radius 2 is 1.00 bits per heavy atom. The molecule has 0 aliphatic carbocycles. The Morgan fingerprint density at radius 1 is 0.569 bits per heavy atom. The largest absolute Gasteiger partial charge is 0.748 e. The van der Waals surface area contributed by atoms with E-state index < -0.39 is 5.16 Å². The van der Waals surface area contributed by atoms with Gasteiger partial charge in [0, 0.05) is 27.8 Å². The molecular formula is C46H42FeN2P2-6. The SMILES string of the molecule is CC(C)(C)[c-]1c(-c2ccccc2)c(-c2ccccc2)c(CP)c1C(P)(c1ccc2ccccc2n1)c1ccc2ccccc2n1.[Fe].[cH-]1[cH-][cH-][cH-][cH-]1. The molecule has 0 saturated heterocycles. The fraction of sp³-hybridized carbons (Fsp3) is 0.130. The average Bonchev–Trinajstić information content (AvgIpc) is 3.86. The van der Waals surface area contributed by atoms with Crippen molar-refractivity contribution in [3.8, 4) is 22.3 Å². The molecule has 6 aromatic carbocycles. The van der Waals surface area contributed by atoms with Crippen LogP contribution in [-0.4, -0.2) is 9.97 Å². The maximum atomic E-state index is 5.40. The number of para-hydroxylation sites is 2. The van der Waals surface area contributed by atoms with E-state index in [4.69, 9.17) is 9.97 Å². The summed E-state index contributed by atoms with van der Waals surface area (Å²) in [7, 11) is 6.35. The molecule has 2 nitrogen and oxygen atoms in total. The number of hydrogen-bond donors (Lipinski definition) is 0. The zero-order valence-electron chi connectivity index (χ0n) is 29.2. The van der Waals surface area contributed by atoms with E-state index >= 15 is 0 Å². The van der Waals surface area contributed by atoms with Gasteiger partial charge in [0.1, 0.15) is 0 Å². The molecule has 51 heavy (non-hydrogen) atoms. The molecule has 0 fully saturated rings. The smallest absolute Gasteiger partial charge is 0.0767 e. The van der Waals surface area contributed by atoms with Crippen LogP contribution < -0.4 is 0 Å². The predicted molar refractivity (Wildman–Crippen MR) is 220 cm³/mol. The molecule has 8 aromatic rings. The van der Waals surface area contributed by atoms with E-state index in [1.165, 1.54) is 38.9 Å². The summed E-state index contributed by atoms with van der Waals surface area (Å²) >= 11 is 0. The van der Waals surface area contributed by atoms with Crippen LogP contribution in [0, 0.1) is 0 Å². The van der Waals surface area contributed by atoms with Crippen LogP contribution >= 0.6 is 18.5 Å².